The van der Waals surface area contributed by atoms with Crippen LogP contribution in [0.3, 0.4) is 0 Å². The number of fused-ring (bicyclic) bond motifs is 1. The number of benzene rings is 5. The van der Waals surface area contributed by atoms with E-state index in [-0.39, 0.29) is 5.54 Å². The van der Waals surface area contributed by atoms with Crippen LogP contribution in [0.25, 0.3) is 0 Å². The molecule has 0 saturated carbocycles. The third kappa shape index (κ3) is 4.86. The number of aryl methyl sites for hydroxylation is 1. The maximum absolute atomic E-state index is 11.7. The fourth-order valence-corrected chi connectivity index (χ4v) is 10.6. The first-order valence-electron chi connectivity index (χ1n) is 14.8. The molecule has 6 rings (SSSR count). The van der Waals surface area contributed by atoms with E-state index in [9.17, 15) is 4.79 Å². The summed E-state index contributed by atoms with van der Waals surface area (Å²) in [5.74, 6) is 0.403. The highest BCUT2D eigenvalue weighted by molar-refractivity contribution is 8.34. The van der Waals surface area contributed by atoms with Gasteiger partial charge in [0.25, 0.3) is 0 Å². The molecule has 3 heteroatoms. The average Bonchev–Trinajstić information content (AvgIpc) is 3.01. The van der Waals surface area contributed by atoms with Gasteiger partial charge >= 0.3 is 0 Å². The van der Waals surface area contributed by atoms with Crippen LogP contribution in [-0.2, 0) is 6.54 Å². The maximum atomic E-state index is 11.7. The third-order valence-electron chi connectivity index (χ3n) is 8.81. The van der Waals surface area contributed by atoms with Gasteiger partial charge in [0.1, 0.15) is 6.29 Å². The summed E-state index contributed by atoms with van der Waals surface area (Å²) in [6.07, 6.45) is 2.04. The van der Waals surface area contributed by atoms with Crippen molar-refractivity contribution in [3.8, 4) is 0 Å². The zero-order valence-corrected chi connectivity index (χ0v) is 25.8. The van der Waals surface area contributed by atoms with Gasteiger partial charge in [0.2, 0.25) is 0 Å². The van der Waals surface area contributed by atoms with Crippen molar-refractivity contribution in [2.75, 3.05) is 4.90 Å². The Labute approximate surface area is 252 Å². The Morgan fingerprint density at radius 2 is 1.21 bits per heavy atom. The van der Waals surface area contributed by atoms with E-state index in [0.717, 1.165) is 30.4 Å². The highest BCUT2D eigenvalue weighted by Gasteiger charge is 2.37. The second-order valence-electron chi connectivity index (χ2n) is 12.1. The van der Waals surface area contributed by atoms with Gasteiger partial charge in [-0.3, -0.25) is 4.79 Å². The molecular weight excluding hydrogens is 531 g/mol. The minimum absolute atomic E-state index is 0.00660. The zero-order chi connectivity index (χ0) is 29.3. The predicted molar refractivity (Wildman–Crippen MR) is 176 cm³/mol. The lowest BCUT2D eigenvalue weighted by molar-refractivity contribution is 0.112. The van der Waals surface area contributed by atoms with Gasteiger partial charge in [-0.2, -0.15) is 0 Å². The number of anilines is 1. The highest BCUT2D eigenvalue weighted by Crippen LogP contribution is 2.73. The molecule has 2 nitrogen and oxygen atoms in total. The summed E-state index contributed by atoms with van der Waals surface area (Å²) in [5, 5.41) is 0. The molecule has 0 N–H and O–H groups in total. The number of carbonyl (C=O) groups excluding carboxylic acids is 1. The Morgan fingerprint density at radius 3 is 1.69 bits per heavy atom. The van der Waals surface area contributed by atoms with Crippen molar-refractivity contribution in [1.29, 1.82) is 0 Å². The van der Waals surface area contributed by atoms with E-state index in [0.29, 0.717) is 5.92 Å². The van der Waals surface area contributed by atoms with Crippen LogP contribution in [0.1, 0.15) is 60.2 Å². The molecular formula is C39H39NOS. The number of hydrogen-bond donors (Lipinski definition) is 0. The molecule has 0 fully saturated rings. The molecule has 1 atom stereocenters. The maximum Gasteiger partial charge on any atom is 0.150 e. The van der Waals surface area contributed by atoms with Crippen molar-refractivity contribution in [2.45, 2.75) is 71.7 Å². The normalized spacial score (nSPS) is 16.5. The first-order chi connectivity index (χ1) is 20.3. The number of hydrogen-bond acceptors (Lipinski definition) is 2. The largest absolute Gasteiger partial charge is 0.362 e. The van der Waals surface area contributed by atoms with Crippen LogP contribution in [0, 0.1) is 6.92 Å². The Morgan fingerprint density at radius 1 is 0.738 bits per heavy atom. The molecule has 5 aromatic carbocycles. The first kappa shape index (κ1) is 28.1. The molecule has 5 aromatic rings. The lowest BCUT2D eigenvalue weighted by Crippen LogP contribution is -2.47. The van der Waals surface area contributed by atoms with Gasteiger partial charge in [-0.25, -0.2) is 0 Å². The second kappa shape index (κ2) is 11.3. The quantitative estimate of drug-likeness (QED) is 0.182. The number of carbonyl (C=O) groups is 1. The SMILES string of the molecule is Cc1cc2c(cc1C=O)C(C)CC(C)(C)N2Cc1ccc(S(c2ccccc2)(c2ccccc2)c2ccccc2)cc1. The summed E-state index contributed by atoms with van der Waals surface area (Å²) in [4.78, 5) is 19.6. The second-order valence-corrected chi connectivity index (χ2v) is 15.2. The molecule has 212 valence electrons. The molecule has 1 unspecified atom stereocenters. The highest BCUT2D eigenvalue weighted by atomic mass is 32.3. The van der Waals surface area contributed by atoms with E-state index in [1.54, 1.807) is 0 Å². The van der Waals surface area contributed by atoms with Crippen molar-refractivity contribution in [3.63, 3.8) is 0 Å². The zero-order valence-electron chi connectivity index (χ0n) is 25.0. The van der Waals surface area contributed by atoms with Crippen LogP contribution in [-0.4, -0.2) is 11.8 Å². The first-order valence-corrected chi connectivity index (χ1v) is 16.4. The van der Waals surface area contributed by atoms with Crippen LogP contribution in [0.4, 0.5) is 5.69 Å². The Balaban J connectivity index is 1.46. The van der Waals surface area contributed by atoms with Crippen molar-refractivity contribution >= 4 is 22.0 Å². The lowest BCUT2D eigenvalue weighted by atomic mass is 9.79. The van der Waals surface area contributed by atoms with Crippen LogP contribution < -0.4 is 4.90 Å². The standard InChI is InChI=1S/C39H39NOS/c1-29-24-38-37(25-32(29)28-41)30(2)26-39(3,4)40(38)27-31-20-22-36(23-21-31)42(33-14-8-5-9-15-33,34-16-10-6-11-17-34)35-18-12-7-13-19-35/h5-25,28,30H,26-27H2,1-4H3. The number of aldehydes is 1. The molecule has 1 aliphatic rings. The van der Waals surface area contributed by atoms with E-state index in [1.165, 1.54) is 36.4 Å². The average molecular weight is 570 g/mol. The van der Waals surface area contributed by atoms with Crippen LogP contribution in [0.15, 0.2) is 147 Å². The molecule has 1 aliphatic heterocycles. The van der Waals surface area contributed by atoms with E-state index >= 15 is 0 Å². The summed E-state index contributed by atoms with van der Waals surface area (Å²) in [6.45, 7) is 9.84. The topological polar surface area (TPSA) is 20.3 Å². The molecule has 0 amide bonds. The van der Waals surface area contributed by atoms with Gasteiger partial charge < -0.3 is 4.90 Å². The molecule has 42 heavy (non-hydrogen) atoms. The van der Waals surface area contributed by atoms with Crippen molar-refractivity contribution in [1.82, 2.24) is 0 Å². The molecule has 0 aromatic heterocycles. The molecule has 0 spiro atoms. The Kier molecular flexibility index (Phi) is 7.55. The molecule has 0 saturated heterocycles. The molecule has 0 aliphatic carbocycles. The molecule has 0 radical (unpaired) electrons. The molecule has 0 bridgehead atoms. The summed E-state index contributed by atoms with van der Waals surface area (Å²) in [5.41, 5.74) is 5.64. The number of nitrogens with zero attached hydrogens (tertiary/aromatic N) is 1. The minimum Gasteiger partial charge on any atom is -0.362 e. The van der Waals surface area contributed by atoms with E-state index in [4.69, 9.17) is 0 Å². The van der Waals surface area contributed by atoms with E-state index in [2.05, 4.69) is 153 Å². The van der Waals surface area contributed by atoms with Gasteiger partial charge in [-0.05, 0) is 110 Å². The van der Waals surface area contributed by atoms with Gasteiger partial charge in [0.05, 0.1) is 0 Å². The Bertz CT molecular complexity index is 1580. The van der Waals surface area contributed by atoms with Gasteiger partial charge in [-0.1, -0.05) is 73.7 Å². The fraction of sp³-hybridized carbons (Fsp3) is 0.205. The summed E-state index contributed by atoms with van der Waals surface area (Å²) >= 11 is 0. The third-order valence-corrected chi connectivity index (χ3v) is 12.7. The minimum atomic E-state index is -1.70. The lowest BCUT2D eigenvalue weighted by Gasteiger charge is -2.48. The van der Waals surface area contributed by atoms with Crippen LogP contribution in [0.2, 0.25) is 0 Å². The smallest absolute Gasteiger partial charge is 0.150 e. The van der Waals surface area contributed by atoms with Crippen LogP contribution >= 0.6 is 10.0 Å². The Hall–Kier alpha value is -4.08. The molecule has 1 heterocycles. The van der Waals surface area contributed by atoms with Gasteiger partial charge in [0.15, 0.2) is 0 Å². The fourth-order valence-electron chi connectivity index (χ4n) is 6.75. The summed E-state index contributed by atoms with van der Waals surface area (Å²) in [7, 11) is -1.70. The predicted octanol–water partition coefficient (Wildman–Crippen LogP) is 10.4. The van der Waals surface area contributed by atoms with Crippen LogP contribution in [0.5, 0.6) is 0 Å². The van der Waals surface area contributed by atoms with Gasteiger partial charge in [0, 0.05) is 42.9 Å². The van der Waals surface area contributed by atoms with E-state index in [1.807, 2.05) is 6.92 Å². The van der Waals surface area contributed by atoms with Crippen molar-refractivity contribution in [2.24, 2.45) is 0 Å². The monoisotopic (exact) mass is 569 g/mol. The summed E-state index contributed by atoms with van der Waals surface area (Å²) < 4.78 is 0. The van der Waals surface area contributed by atoms with Crippen molar-refractivity contribution in [3.05, 3.63) is 150 Å². The number of rotatable bonds is 7. The summed E-state index contributed by atoms with van der Waals surface area (Å²) in [6, 6.07) is 46.7. The van der Waals surface area contributed by atoms with Gasteiger partial charge in [-0.15, -0.1) is 10.0 Å². The van der Waals surface area contributed by atoms with Crippen molar-refractivity contribution < 1.29 is 4.79 Å². The van der Waals surface area contributed by atoms with E-state index < -0.39 is 10.0 Å².